The average Bonchev–Trinajstić information content (AvgIpc) is 3.44. The molecule has 9 N–H and O–H groups in total. The summed E-state index contributed by atoms with van der Waals surface area (Å²) < 4.78 is 39.4. The molecule has 2 saturated heterocycles. The van der Waals surface area contributed by atoms with Gasteiger partial charge in [0.2, 0.25) is 0 Å². The van der Waals surface area contributed by atoms with Gasteiger partial charge >= 0.3 is 7.82 Å². The lowest BCUT2D eigenvalue weighted by molar-refractivity contribution is -0.301. The molecule has 2 aliphatic heterocycles. The smallest absolute Gasteiger partial charge is 0.394 e. The summed E-state index contributed by atoms with van der Waals surface area (Å²) in [6.45, 7) is -1.69. The predicted molar refractivity (Wildman–Crippen MR) is 122 cm³/mol. The van der Waals surface area contributed by atoms with Gasteiger partial charge in [0.1, 0.15) is 54.6 Å². The molecule has 18 nitrogen and oxygen atoms in total. The maximum Gasteiger partial charge on any atom is 0.472 e. The fraction of sp³-hybridized carbons (Fsp3) is 0.737. The Morgan fingerprint density at radius 3 is 2.42 bits per heavy atom. The van der Waals surface area contributed by atoms with Crippen molar-refractivity contribution in [2.24, 2.45) is 0 Å². The number of nitrogen functional groups attached to an aromatic ring is 1. The van der Waals surface area contributed by atoms with Gasteiger partial charge in [-0.15, -0.1) is 0 Å². The zero-order valence-corrected chi connectivity index (χ0v) is 20.7. The molecule has 0 aliphatic carbocycles. The number of aliphatic hydroxyl groups is 6. The van der Waals surface area contributed by atoms with Crippen LogP contribution in [0.2, 0.25) is 0 Å². The van der Waals surface area contributed by atoms with Crippen molar-refractivity contribution in [1.29, 1.82) is 0 Å². The second-order valence-corrected chi connectivity index (χ2v) is 10.1. The van der Waals surface area contributed by atoms with Crippen molar-refractivity contribution in [3.63, 3.8) is 0 Å². The Kier molecular flexibility index (Phi) is 9.26. The molecule has 0 amide bonds. The summed E-state index contributed by atoms with van der Waals surface area (Å²) in [6, 6.07) is 0. The van der Waals surface area contributed by atoms with Crippen molar-refractivity contribution in [1.82, 2.24) is 19.5 Å². The fourth-order valence-corrected chi connectivity index (χ4v) is 4.77. The highest BCUT2D eigenvalue weighted by molar-refractivity contribution is 7.47. The van der Waals surface area contributed by atoms with E-state index in [0.717, 1.165) is 0 Å². The van der Waals surface area contributed by atoms with Crippen molar-refractivity contribution < 1.29 is 63.4 Å². The molecule has 214 valence electrons. The molecule has 0 aromatic carbocycles. The quantitative estimate of drug-likeness (QED) is 0.0960. The minimum Gasteiger partial charge on any atom is -0.394 e. The molecule has 2 fully saturated rings. The number of imidazole rings is 1. The summed E-state index contributed by atoms with van der Waals surface area (Å²) in [4.78, 5) is 21.9. The molecule has 10 atom stereocenters. The zero-order chi connectivity index (χ0) is 27.6. The first-order valence-electron chi connectivity index (χ1n) is 11.5. The van der Waals surface area contributed by atoms with Crippen molar-refractivity contribution in [3.05, 3.63) is 12.7 Å². The number of rotatable bonds is 11. The van der Waals surface area contributed by atoms with E-state index in [9.17, 15) is 40.1 Å². The maximum atomic E-state index is 12.2. The first-order valence-corrected chi connectivity index (χ1v) is 13.0. The SMILES string of the molecule is Nc1ncnc2c1ncn2[C@@H]1O[C@H](COP(=O)(O)OCCCO[C@@H]2O[C@H](CO)[C@H](O)[C@H](O)[C@H]2O)[C@@H](O)[C@H]1O. The van der Waals surface area contributed by atoms with Gasteiger partial charge in [-0.25, -0.2) is 19.5 Å². The van der Waals surface area contributed by atoms with E-state index in [4.69, 9.17) is 29.0 Å². The molecule has 2 aromatic rings. The van der Waals surface area contributed by atoms with Crippen LogP contribution in [0.1, 0.15) is 12.6 Å². The minimum absolute atomic E-state index is 0.0327. The fourth-order valence-electron chi connectivity index (χ4n) is 4.00. The minimum atomic E-state index is -4.61. The van der Waals surface area contributed by atoms with Crippen LogP contribution in [-0.2, 0) is 27.8 Å². The third kappa shape index (κ3) is 6.13. The number of ether oxygens (including phenoxy) is 3. The molecular formula is C19H30N5O13P. The Hall–Kier alpha value is -1.90. The highest BCUT2D eigenvalue weighted by atomic mass is 31.2. The summed E-state index contributed by atoms with van der Waals surface area (Å²) in [5, 5.41) is 59.4. The van der Waals surface area contributed by atoms with Gasteiger partial charge in [0, 0.05) is 0 Å². The molecule has 2 aromatic heterocycles. The highest BCUT2D eigenvalue weighted by Crippen LogP contribution is 2.44. The summed E-state index contributed by atoms with van der Waals surface area (Å²) in [5.41, 5.74) is 6.26. The van der Waals surface area contributed by atoms with Crippen LogP contribution < -0.4 is 5.73 Å². The highest BCUT2D eigenvalue weighted by Gasteiger charge is 2.46. The largest absolute Gasteiger partial charge is 0.472 e. The number of phosphoric ester groups is 1. The lowest BCUT2D eigenvalue weighted by atomic mass is 9.99. The Morgan fingerprint density at radius 1 is 0.947 bits per heavy atom. The Labute approximate surface area is 214 Å². The van der Waals surface area contributed by atoms with E-state index < -0.39 is 76.3 Å². The molecule has 0 spiro atoms. The summed E-state index contributed by atoms with van der Waals surface area (Å²) in [6.07, 6.45) is -9.94. The number of hydrogen-bond acceptors (Lipinski definition) is 16. The summed E-state index contributed by atoms with van der Waals surface area (Å²) in [5.74, 6) is 0.110. The molecule has 38 heavy (non-hydrogen) atoms. The molecule has 0 bridgehead atoms. The van der Waals surface area contributed by atoms with E-state index in [1.165, 1.54) is 17.2 Å². The third-order valence-corrected chi connectivity index (χ3v) is 7.06. The van der Waals surface area contributed by atoms with Gasteiger partial charge in [-0.2, -0.15) is 0 Å². The van der Waals surface area contributed by atoms with Crippen LogP contribution in [0.5, 0.6) is 0 Å². The molecule has 0 saturated carbocycles. The van der Waals surface area contributed by atoms with Gasteiger partial charge < -0.3 is 55.5 Å². The molecule has 4 rings (SSSR count). The van der Waals surface area contributed by atoms with Crippen LogP contribution in [0.4, 0.5) is 5.82 Å². The number of aromatic nitrogens is 4. The average molecular weight is 567 g/mol. The van der Waals surface area contributed by atoms with Gasteiger partial charge in [-0.3, -0.25) is 13.6 Å². The van der Waals surface area contributed by atoms with Crippen molar-refractivity contribution in [2.45, 2.75) is 61.7 Å². The topological polar surface area (TPSA) is 274 Å². The summed E-state index contributed by atoms with van der Waals surface area (Å²) >= 11 is 0. The van der Waals surface area contributed by atoms with Crippen molar-refractivity contribution in [3.8, 4) is 0 Å². The van der Waals surface area contributed by atoms with E-state index in [-0.39, 0.29) is 36.6 Å². The normalized spacial score (nSPS) is 35.5. The number of phosphoric acid groups is 1. The van der Waals surface area contributed by atoms with Crippen molar-refractivity contribution in [2.75, 3.05) is 32.2 Å². The lowest BCUT2D eigenvalue weighted by Crippen LogP contribution is -2.59. The van der Waals surface area contributed by atoms with Crippen LogP contribution in [0.25, 0.3) is 11.2 Å². The van der Waals surface area contributed by atoms with Gasteiger partial charge in [-0.05, 0) is 6.42 Å². The van der Waals surface area contributed by atoms with E-state index in [1.807, 2.05) is 0 Å². The van der Waals surface area contributed by atoms with E-state index >= 15 is 0 Å². The van der Waals surface area contributed by atoms with Gasteiger partial charge in [0.25, 0.3) is 0 Å². The molecular weight excluding hydrogens is 537 g/mol. The van der Waals surface area contributed by atoms with Crippen molar-refractivity contribution >= 4 is 24.8 Å². The lowest BCUT2D eigenvalue weighted by Gasteiger charge is -2.39. The summed E-state index contributed by atoms with van der Waals surface area (Å²) in [7, 11) is -4.61. The monoisotopic (exact) mass is 567 g/mol. The number of nitrogens with zero attached hydrogens (tertiary/aromatic N) is 4. The first kappa shape index (κ1) is 29.1. The van der Waals surface area contributed by atoms with E-state index in [2.05, 4.69) is 15.0 Å². The van der Waals surface area contributed by atoms with Crippen LogP contribution >= 0.6 is 7.82 Å². The Morgan fingerprint density at radius 2 is 1.68 bits per heavy atom. The number of fused-ring (bicyclic) bond motifs is 1. The van der Waals surface area contributed by atoms with Crippen LogP contribution in [0.3, 0.4) is 0 Å². The number of hydrogen-bond donors (Lipinski definition) is 8. The van der Waals surface area contributed by atoms with E-state index in [1.54, 1.807) is 0 Å². The maximum absolute atomic E-state index is 12.2. The van der Waals surface area contributed by atoms with Gasteiger partial charge in [0.05, 0.1) is 32.8 Å². The molecule has 2 aliphatic rings. The number of aliphatic hydroxyl groups excluding tert-OH is 6. The molecule has 1 unspecified atom stereocenters. The molecule has 0 radical (unpaired) electrons. The van der Waals surface area contributed by atoms with Crippen LogP contribution in [0.15, 0.2) is 12.7 Å². The second kappa shape index (κ2) is 12.1. The zero-order valence-electron chi connectivity index (χ0n) is 19.8. The number of anilines is 1. The second-order valence-electron chi connectivity index (χ2n) is 8.65. The van der Waals surface area contributed by atoms with Gasteiger partial charge in [-0.1, -0.05) is 0 Å². The molecule has 19 heteroatoms. The first-order chi connectivity index (χ1) is 18.0. The molecule has 4 heterocycles. The van der Waals surface area contributed by atoms with Crippen LogP contribution in [-0.4, -0.2) is 130 Å². The van der Waals surface area contributed by atoms with Gasteiger partial charge in [0.15, 0.2) is 24.0 Å². The van der Waals surface area contributed by atoms with Crippen LogP contribution in [0, 0.1) is 0 Å². The third-order valence-electron chi connectivity index (χ3n) is 6.07. The number of nitrogens with two attached hydrogens (primary N) is 1. The Balaban J connectivity index is 1.22. The predicted octanol–water partition coefficient (Wildman–Crippen LogP) is -3.63. The standard InChI is InChI=1S/C19H30N5O13P/c20-16-10-17(22-6-21-16)24(7-23-10)18-14(29)12(27)9(36-18)5-35-38(31,32)34-3-1-2-33-19-15(30)13(28)11(26)8(4-25)37-19/h6-9,11-15,18-19,25-30H,1-5H2,(H,31,32)(H2,20,21,22)/t8-,9-,11+,12-,13+,14-,15-,18-,19-/m1/s1. The Bertz CT molecular complexity index is 1120. The van der Waals surface area contributed by atoms with E-state index in [0.29, 0.717) is 0 Å².